The predicted octanol–water partition coefficient (Wildman–Crippen LogP) is 3.05. The molecule has 0 saturated heterocycles. The molecule has 4 heteroatoms. The summed E-state index contributed by atoms with van der Waals surface area (Å²) in [5, 5.41) is 3.13. The molecule has 1 aromatic carbocycles. The number of ether oxygens (including phenoxy) is 1. The third-order valence-corrected chi connectivity index (χ3v) is 2.82. The van der Waals surface area contributed by atoms with Crippen molar-refractivity contribution in [2.45, 2.75) is 32.9 Å². The maximum absolute atomic E-state index is 11.4. The molecule has 0 bridgehead atoms. The van der Waals surface area contributed by atoms with Gasteiger partial charge in [-0.25, -0.2) is 0 Å². The van der Waals surface area contributed by atoms with Gasteiger partial charge in [0.05, 0.1) is 12.6 Å². The van der Waals surface area contributed by atoms with Crippen LogP contribution in [0.4, 0.5) is 0 Å². The maximum Gasteiger partial charge on any atom is 0.320 e. The lowest BCUT2D eigenvalue weighted by Gasteiger charge is -2.14. The summed E-state index contributed by atoms with van der Waals surface area (Å²) in [4.78, 5) is 11.4. The van der Waals surface area contributed by atoms with Crippen molar-refractivity contribution in [1.82, 2.24) is 5.32 Å². The molecule has 94 valence electrons. The van der Waals surface area contributed by atoms with Crippen LogP contribution in [0.5, 0.6) is 0 Å². The van der Waals surface area contributed by atoms with Gasteiger partial charge in [-0.3, -0.25) is 4.79 Å². The lowest BCUT2D eigenvalue weighted by molar-refractivity contribution is -0.146. The summed E-state index contributed by atoms with van der Waals surface area (Å²) in [5.41, 5.74) is 1.14. The minimum absolute atomic E-state index is 0.0627. The molecular formula is C13H18BrNO2. The first-order valence-electron chi connectivity index (χ1n) is 5.67. The van der Waals surface area contributed by atoms with Gasteiger partial charge in [0.1, 0.15) is 0 Å². The Kier molecular flexibility index (Phi) is 5.65. The van der Waals surface area contributed by atoms with E-state index in [4.69, 9.17) is 4.74 Å². The van der Waals surface area contributed by atoms with Crippen molar-refractivity contribution in [1.29, 1.82) is 0 Å². The number of esters is 1. The van der Waals surface area contributed by atoms with Crippen LogP contribution < -0.4 is 5.32 Å². The summed E-state index contributed by atoms with van der Waals surface area (Å²) in [7, 11) is 0. The molecule has 0 heterocycles. The zero-order valence-electron chi connectivity index (χ0n) is 10.4. The summed E-state index contributed by atoms with van der Waals surface area (Å²) in [6.45, 7) is 5.94. The van der Waals surface area contributed by atoms with Gasteiger partial charge in [-0.1, -0.05) is 28.1 Å². The van der Waals surface area contributed by atoms with E-state index in [1.807, 2.05) is 45.0 Å². The molecule has 1 N–H and O–H groups in total. The molecule has 0 unspecified atom stereocenters. The van der Waals surface area contributed by atoms with E-state index < -0.39 is 0 Å². The fourth-order valence-electron chi connectivity index (χ4n) is 1.41. The van der Waals surface area contributed by atoms with E-state index in [9.17, 15) is 4.79 Å². The van der Waals surface area contributed by atoms with Crippen LogP contribution in [0.1, 0.15) is 32.4 Å². The summed E-state index contributed by atoms with van der Waals surface area (Å²) in [5.74, 6) is -0.219. The number of rotatable bonds is 5. The first-order chi connectivity index (χ1) is 7.99. The first kappa shape index (κ1) is 14.2. The fourth-order valence-corrected chi connectivity index (χ4v) is 1.67. The molecule has 0 aliphatic carbocycles. The highest BCUT2D eigenvalue weighted by molar-refractivity contribution is 9.10. The number of hydrogen-bond acceptors (Lipinski definition) is 3. The molecular weight excluding hydrogens is 282 g/mol. The molecule has 1 rings (SSSR count). The quantitative estimate of drug-likeness (QED) is 0.849. The Morgan fingerprint density at radius 1 is 1.29 bits per heavy atom. The summed E-state index contributed by atoms with van der Waals surface area (Å²) in [6, 6.07) is 8.15. The SMILES string of the molecule is CC(C)OC(=O)CN[C@@H](C)c1ccc(Br)cc1. The van der Waals surface area contributed by atoms with Crippen LogP contribution >= 0.6 is 15.9 Å². The first-order valence-corrected chi connectivity index (χ1v) is 6.46. The van der Waals surface area contributed by atoms with Gasteiger partial charge >= 0.3 is 5.97 Å². The van der Waals surface area contributed by atoms with Crippen molar-refractivity contribution in [3.05, 3.63) is 34.3 Å². The molecule has 17 heavy (non-hydrogen) atoms. The van der Waals surface area contributed by atoms with E-state index in [-0.39, 0.29) is 24.7 Å². The van der Waals surface area contributed by atoms with E-state index in [2.05, 4.69) is 21.2 Å². The van der Waals surface area contributed by atoms with Crippen molar-refractivity contribution in [2.24, 2.45) is 0 Å². The Morgan fingerprint density at radius 2 is 1.88 bits per heavy atom. The zero-order chi connectivity index (χ0) is 12.8. The molecule has 0 saturated carbocycles. The number of carbonyl (C=O) groups excluding carboxylic acids is 1. The fraction of sp³-hybridized carbons (Fsp3) is 0.462. The van der Waals surface area contributed by atoms with E-state index in [1.165, 1.54) is 0 Å². The molecule has 1 aromatic rings. The molecule has 1 atom stereocenters. The molecule has 0 fully saturated rings. The van der Waals surface area contributed by atoms with E-state index in [0.717, 1.165) is 10.0 Å². The topological polar surface area (TPSA) is 38.3 Å². The van der Waals surface area contributed by atoms with Crippen molar-refractivity contribution in [2.75, 3.05) is 6.54 Å². The van der Waals surface area contributed by atoms with Crippen LogP contribution in [0.15, 0.2) is 28.7 Å². The average molecular weight is 300 g/mol. The van der Waals surface area contributed by atoms with Gasteiger partial charge in [-0.2, -0.15) is 0 Å². The summed E-state index contributed by atoms with van der Waals surface area (Å²) in [6.07, 6.45) is -0.0627. The number of benzene rings is 1. The van der Waals surface area contributed by atoms with Crippen LogP contribution in [0.3, 0.4) is 0 Å². The lowest BCUT2D eigenvalue weighted by Crippen LogP contribution is -2.28. The third kappa shape index (κ3) is 5.33. The van der Waals surface area contributed by atoms with Gasteiger partial charge < -0.3 is 10.1 Å². The van der Waals surface area contributed by atoms with Crippen molar-refractivity contribution in [3.63, 3.8) is 0 Å². The highest BCUT2D eigenvalue weighted by Crippen LogP contribution is 2.16. The van der Waals surface area contributed by atoms with Crippen LogP contribution in [0.2, 0.25) is 0 Å². The maximum atomic E-state index is 11.4. The summed E-state index contributed by atoms with van der Waals surface area (Å²) >= 11 is 3.39. The second-order valence-electron chi connectivity index (χ2n) is 4.19. The van der Waals surface area contributed by atoms with E-state index in [1.54, 1.807) is 0 Å². The smallest absolute Gasteiger partial charge is 0.320 e. The Labute approximate surface area is 111 Å². The minimum Gasteiger partial charge on any atom is -0.462 e. The monoisotopic (exact) mass is 299 g/mol. The van der Waals surface area contributed by atoms with Gasteiger partial charge in [0.25, 0.3) is 0 Å². The standard InChI is InChI=1S/C13H18BrNO2/c1-9(2)17-13(16)8-15-10(3)11-4-6-12(14)7-5-11/h4-7,9-10,15H,8H2,1-3H3/t10-/m0/s1. The van der Waals surface area contributed by atoms with Crippen LogP contribution in [-0.2, 0) is 9.53 Å². The second kappa shape index (κ2) is 6.77. The largest absolute Gasteiger partial charge is 0.462 e. The minimum atomic E-state index is -0.219. The van der Waals surface area contributed by atoms with Crippen LogP contribution in [0.25, 0.3) is 0 Å². The number of hydrogen-bond donors (Lipinski definition) is 1. The number of halogens is 1. The zero-order valence-corrected chi connectivity index (χ0v) is 12.0. The van der Waals surface area contributed by atoms with E-state index >= 15 is 0 Å². The molecule has 0 spiro atoms. The molecule has 0 radical (unpaired) electrons. The second-order valence-corrected chi connectivity index (χ2v) is 5.11. The lowest BCUT2D eigenvalue weighted by atomic mass is 10.1. The average Bonchev–Trinajstić information content (AvgIpc) is 2.26. The van der Waals surface area contributed by atoms with Crippen molar-refractivity contribution >= 4 is 21.9 Å². The molecule has 0 aliphatic heterocycles. The molecule has 0 aromatic heterocycles. The third-order valence-electron chi connectivity index (χ3n) is 2.29. The van der Waals surface area contributed by atoms with Gasteiger partial charge in [-0.05, 0) is 38.5 Å². The normalized spacial score (nSPS) is 12.5. The van der Waals surface area contributed by atoms with Gasteiger partial charge in [0, 0.05) is 10.5 Å². The molecule has 0 aliphatic rings. The Morgan fingerprint density at radius 3 is 2.41 bits per heavy atom. The highest BCUT2D eigenvalue weighted by atomic mass is 79.9. The van der Waals surface area contributed by atoms with Crippen LogP contribution in [-0.4, -0.2) is 18.6 Å². The summed E-state index contributed by atoms with van der Waals surface area (Å²) < 4.78 is 6.10. The van der Waals surface area contributed by atoms with Gasteiger partial charge in [0.15, 0.2) is 0 Å². The Hall–Kier alpha value is -0.870. The van der Waals surface area contributed by atoms with Crippen LogP contribution in [0, 0.1) is 0 Å². The number of carbonyl (C=O) groups is 1. The van der Waals surface area contributed by atoms with E-state index in [0.29, 0.717) is 0 Å². The van der Waals surface area contributed by atoms with Gasteiger partial charge in [0.2, 0.25) is 0 Å². The Balaban J connectivity index is 2.42. The molecule has 0 amide bonds. The molecule has 3 nitrogen and oxygen atoms in total. The highest BCUT2D eigenvalue weighted by Gasteiger charge is 2.09. The number of nitrogens with one attached hydrogen (secondary N) is 1. The predicted molar refractivity (Wildman–Crippen MR) is 71.8 cm³/mol. The van der Waals surface area contributed by atoms with Crippen molar-refractivity contribution < 1.29 is 9.53 Å². The Bertz CT molecular complexity index is 362. The van der Waals surface area contributed by atoms with Crippen molar-refractivity contribution in [3.8, 4) is 0 Å². The van der Waals surface area contributed by atoms with Gasteiger partial charge in [-0.15, -0.1) is 0 Å².